The molecular formula is C30H48O4P2. The Labute approximate surface area is 222 Å². The first-order valence-electron chi connectivity index (χ1n) is 13.9. The van der Waals surface area contributed by atoms with Gasteiger partial charge in [0.1, 0.15) is 0 Å². The van der Waals surface area contributed by atoms with Gasteiger partial charge in [0.15, 0.2) is 11.6 Å². The number of rotatable bonds is 4. The lowest BCUT2D eigenvalue weighted by molar-refractivity contribution is -0.179. The third-order valence-corrected chi connectivity index (χ3v) is 16.9. The van der Waals surface area contributed by atoms with Gasteiger partial charge in [0.25, 0.3) is 0 Å². The summed E-state index contributed by atoms with van der Waals surface area (Å²) in [5.41, 5.74) is 3.13. The molecule has 0 N–H and O–H groups in total. The van der Waals surface area contributed by atoms with Crippen molar-refractivity contribution in [3.8, 4) is 0 Å². The minimum Gasteiger partial charge on any atom is -0.347 e. The lowest BCUT2D eigenvalue weighted by Gasteiger charge is -2.56. The van der Waals surface area contributed by atoms with Gasteiger partial charge in [0.2, 0.25) is 0 Å². The van der Waals surface area contributed by atoms with Crippen LogP contribution in [0, 0.1) is 0 Å². The minimum atomic E-state index is -0.370. The molecule has 0 unspecified atom stereocenters. The first-order chi connectivity index (χ1) is 16.7. The minimum absolute atomic E-state index is 0.201. The fraction of sp³-hybridized carbons (Fsp3) is 0.800. The van der Waals surface area contributed by atoms with Crippen LogP contribution in [0.15, 0.2) is 24.3 Å². The molecule has 0 atom stereocenters. The van der Waals surface area contributed by atoms with Crippen molar-refractivity contribution >= 4 is 15.8 Å². The summed E-state index contributed by atoms with van der Waals surface area (Å²) < 4.78 is 24.9. The van der Waals surface area contributed by atoms with Gasteiger partial charge in [0, 0.05) is 25.7 Å². The molecule has 6 heteroatoms. The zero-order chi connectivity index (χ0) is 26.0. The highest BCUT2D eigenvalue weighted by atomic mass is 31.1. The smallest absolute Gasteiger partial charge is 0.170 e. The molecule has 0 saturated carbocycles. The van der Waals surface area contributed by atoms with Crippen LogP contribution in [0.4, 0.5) is 0 Å². The summed E-state index contributed by atoms with van der Waals surface area (Å²) in [4.78, 5) is 0. The fourth-order valence-corrected chi connectivity index (χ4v) is 16.3. The molecule has 4 fully saturated rings. The van der Waals surface area contributed by atoms with Crippen LogP contribution in [0.25, 0.3) is 0 Å². The molecule has 4 nitrogen and oxygen atoms in total. The number of hydrogen-bond donors (Lipinski definition) is 0. The summed E-state index contributed by atoms with van der Waals surface area (Å²) in [5.74, 6) is -0.740. The molecule has 0 bridgehead atoms. The lowest BCUT2D eigenvalue weighted by Crippen LogP contribution is -2.51. The predicted octanol–water partition coefficient (Wildman–Crippen LogP) is 7.84. The molecule has 4 heterocycles. The van der Waals surface area contributed by atoms with Crippen LogP contribution in [-0.4, -0.2) is 58.6 Å². The van der Waals surface area contributed by atoms with Gasteiger partial charge in [-0.1, -0.05) is 95.5 Å². The third kappa shape index (κ3) is 5.10. The van der Waals surface area contributed by atoms with Crippen molar-refractivity contribution in [3.05, 3.63) is 35.4 Å². The second kappa shape index (κ2) is 9.25. The summed E-state index contributed by atoms with van der Waals surface area (Å²) in [6.07, 6.45) is 6.39. The predicted molar refractivity (Wildman–Crippen MR) is 152 cm³/mol. The molecule has 0 radical (unpaired) electrons. The van der Waals surface area contributed by atoms with Crippen LogP contribution < -0.4 is 0 Å². The maximum absolute atomic E-state index is 6.23. The molecule has 5 rings (SSSR count). The molecule has 36 heavy (non-hydrogen) atoms. The maximum atomic E-state index is 6.23. The number of benzene rings is 1. The van der Waals surface area contributed by atoms with Crippen LogP contribution >= 0.6 is 15.8 Å². The van der Waals surface area contributed by atoms with Gasteiger partial charge in [-0.05, 0) is 44.1 Å². The van der Waals surface area contributed by atoms with Gasteiger partial charge in [0.05, 0.1) is 26.4 Å². The Hall–Kier alpha value is -0.0800. The van der Waals surface area contributed by atoms with Crippen LogP contribution in [0.3, 0.4) is 0 Å². The summed E-state index contributed by atoms with van der Waals surface area (Å²) in [7, 11) is -0.538. The Morgan fingerprint density at radius 2 is 0.806 bits per heavy atom. The van der Waals surface area contributed by atoms with E-state index in [4.69, 9.17) is 18.9 Å². The van der Waals surface area contributed by atoms with Crippen LogP contribution in [0.5, 0.6) is 0 Å². The van der Waals surface area contributed by atoms with Crippen molar-refractivity contribution in [1.29, 1.82) is 0 Å². The Morgan fingerprint density at radius 1 is 0.528 bits per heavy atom. The zero-order valence-electron chi connectivity index (χ0n) is 23.9. The number of hydrogen-bond acceptors (Lipinski definition) is 4. The largest absolute Gasteiger partial charge is 0.347 e. The van der Waals surface area contributed by atoms with Crippen LogP contribution in [0.1, 0.15) is 92.2 Å². The van der Waals surface area contributed by atoms with Crippen LogP contribution in [-0.2, 0) is 31.3 Å². The van der Waals surface area contributed by atoms with E-state index < -0.39 is 0 Å². The van der Waals surface area contributed by atoms with E-state index in [-0.39, 0.29) is 48.0 Å². The molecule has 0 amide bonds. The van der Waals surface area contributed by atoms with E-state index in [2.05, 4.69) is 79.7 Å². The highest BCUT2D eigenvalue weighted by Gasteiger charge is 2.57. The highest BCUT2D eigenvalue weighted by Crippen LogP contribution is 2.72. The molecule has 0 aliphatic carbocycles. The second-order valence-corrected chi connectivity index (χ2v) is 21.3. The molecular weight excluding hydrogens is 486 g/mol. The Bertz CT molecular complexity index is 840. The molecule has 2 spiro atoms. The SMILES string of the molecule is CC1(C)CC2(CC(C)(C)P1Cc1ccccc1CP1C(C)(C)CC3(CC1(C)C)OCCO3)OCCO2. The molecule has 4 aliphatic rings. The average molecular weight is 535 g/mol. The first kappa shape index (κ1) is 27.5. The zero-order valence-corrected chi connectivity index (χ0v) is 25.7. The molecule has 202 valence electrons. The normalized spacial score (nSPS) is 30.2. The van der Waals surface area contributed by atoms with Gasteiger partial charge >= 0.3 is 0 Å². The fourth-order valence-electron chi connectivity index (χ4n) is 8.25. The van der Waals surface area contributed by atoms with Crippen molar-refractivity contribution in [2.24, 2.45) is 0 Å². The molecule has 0 aromatic heterocycles. The number of ether oxygens (including phenoxy) is 4. The second-order valence-electron chi connectivity index (χ2n) is 14.1. The average Bonchev–Trinajstić information content (AvgIpc) is 3.36. The van der Waals surface area contributed by atoms with Crippen molar-refractivity contribution in [2.45, 2.75) is 126 Å². The van der Waals surface area contributed by atoms with Crippen molar-refractivity contribution in [1.82, 2.24) is 0 Å². The quantitative estimate of drug-likeness (QED) is 0.369. The Balaban J connectivity index is 1.40. The molecule has 1 aromatic rings. The summed E-state index contributed by atoms with van der Waals surface area (Å²) in [5, 5.41) is 0.805. The van der Waals surface area contributed by atoms with Gasteiger partial charge in [-0.15, -0.1) is 0 Å². The van der Waals surface area contributed by atoms with E-state index in [0.29, 0.717) is 0 Å². The summed E-state index contributed by atoms with van der Waals surface area (Å²) in [6.45, 7) is 22.7. The monoisotopic (exact) mass is 534 g/mol. The van der Waals surface area contributed by atoms with Gasteiger partial charge < -0.3 is 18.9 Å². The standard InChI is InChI=1S/C30H48O4P2/c1-25(2)19-29(31-13-14-32-29)20-26(3,4)35(25)17-23-11-9-10-12-24(23)18-36-27(5,6)21-30(22-28(36,7)8)33-15-16-34-30/h9-12H,13-22H2,1-8H3. The summed E-state index contributed by atoms with van der Waals surface area (Å²) >= 11 is 0. The van der Waals surface area contributed by atoms with Gasteiger partial charge in [-0.3, -0.25) is 0 Å². The Morgan fingerprint density at radius 3 is 1.08 bits per heavy atom. The van der Waals surface area contributed by atoms with Crippen LogP contribution in [0.2, 0.25) is 0 Å². The van der Waals surface area contributed by atoms with E-state index in [1.54, 1.807) is 11.1 Å². The van der Waals surface area contributed by atoms with E-state index in [1.807, 2.05) is 0 Å². The summed E-state index contributed by atoms with van der Waals surface area (Å²) in [6, 6.07) is 9.34. The highest BCUT2D eigenvalue weighted by molar-refractivity contribution is 7.60. The van der Waals surface area contributed by atoms with E-state index in [1.165, 1.54) is 12.3 Å². The van der Waals surface area contributed by atoms with Crippen molar-refractivity contribution in [2.75, 3.05) is 26.4 Å². The van der Waals surface area contributed by atoms with Crippen molar-refractivity contribution in [3.63, 3.8) is 0 Å². The lowest BCUT2D eigenvalue weighted by atomic mass is 9.91. The van der Waals surface area contributed by atoms with Gasteiger partial charge in [-0.2, -0.15) is 0 Å². The van der Waals surface area contributed by atoms with E-state index >= 15 is 0 Å². The third-order valence-electron chi connectivity index (χ3n) is 9.13. The van der Waals surface area contributed by atoms with E-state index in [0.717, 1.165) is 52.1 Å². The topological polar surface area (TPSA) is 36.9 Å². The van der Waals surface area contributed by atoms with Crippen molar-refractivity contribution < 1.29 is 18.9 Å². The Kier molecular flexibility index (Phi) is 7.06. The maximum Gasteiger partial charge on any atom is 0.170 e. The molecule has 1 aromatic carbocycles. The van der Waals surface area contributed by atoms with E-state index in [9.17, 15) is 0 Å². The van der Waals surface area contributed by atoms with Gasteiger partial charge in [-0.25, -0.2) is 0 Å². The first-order valence-corrected chi connectivity index (χ1v) is 16.9. The molecule has 4 saturated heterocycles. The molecule has 4 aliphatic heterocycles.